The van der Waals surface area contributed by atoms with Crippen molar-refractivity contribution < 1.29 is 9.47 Å². The van der Waals surface area contributed by atoms with Gasteiger partial charge in [0.25, 0.3) is 0 Å². The van der Waals surface area contributed by atoms with Crippen molar-refractivity contribution in [2.24, 2.45) is 0 Å². The molecule has 0 aliphatic rings. The van der Waals surface area contributed by atoms with Gasteiger partial charge >= 0.3 is 0 Å². The SMILES string of the molecule is COc1ccc(Cc2cc(C)[nH]n2)c(OC)c1. The van der Waals surface area contributed by atoms with Crippen LogP contribution in [0.1, 0.15) is 17.0 Å². The Morgan fingerprint density at radius 1 is 1.18 bits per heavy atom. The van der Waals surface area contributed by atoms with Gasteiger partial charge in [0.15, 0.2) is 0 Å². The highest BCUT2D eigenvalue weighted by Crippen LogP contribution is 2.26. The molecule has 2 rings (SSSR count). The van der Waals surface area contributed by atoms with Gasteiger partial charge in [0.2, 0.25) is 0 Å². The van der Waals surface area contributed by atoms with E-state index in [9.17, 15) is 0 Å². The van der Waals surface area contributed by atoms with Crippen LogP contribution in [0.4, 0.5) is 0 Å². The first-order chi connectivity index (χ1) is 8.22. The smallest absolute Gasteiger partial charge is 0.126 e. The molecular weight excluding hydrogens is 216 g/mol. The summed E-state index contributed by atoms with van der Waals surface area (Å²) in [5, 5.41) is 7.15. The lowest BCUT2D eigenvalue weighted by Crippen LogP contribution is -1.95. The lowest BCUT2D eigenvalue weighted by molar-refractivity contribution is 0.391. The number of methoxy groups -OCH3 is 2. The number of hydrogen-bond donors (Lipinski definition) is 1. The summed E-state index contributed by atoms with van der Waals surface area (Å²) in [5.41, 5.74) is 3.17. The monoisotopic (exact) mass is 232 g/mol. The van der Waals surface area contributed by atoms with Crippen molar-refractivity contribution in [3.8, 4) is 11.5 Å². The second-order valence-corrected chi connectivity index (χ2v) is 3.90. The van der Waals surface area contributed by atoms with Crippen LogP contribution in [-0.2, 0) is 6.42 Å². The Balaban J connectivity index is 2.26. The molecular formula is C13H16N2O2. The van der Waals surface area contributed by atoms with Crippen LogP contribution in [0.2, 0.25) is 0 Å². The Hall–Kier alpha value is -1.97. The van der Waals surface area contributed by atoms with Gasteiger partial charge < -0.3 is 9.47 Å². The normalized spacial score (nSPS) is 10.3. The molecule has 1 aromatic carbocycles. The van der Waals surface area contributed by atoms with Crippen molar-refractivity contribution in [1.29, 1.82) is 0 Å². The number of ether oxygens (including phenoxy) is 2. The topological polar surface area (TPSA) is 47.1 Å². The highest BCUT2D eigenvalue weighted by molar-refractivity contribution is 5.42. The van der Waals surface area contributed by atoms with E-state index in [1.807, 2.05) is 31.2 Å². The second kappa shape index (κ2) is 4.91. The molecule has 1 N–H and O–H groups in total. The Morgan fingerprint density at radius 2 is 2.00 bits per heavy atom. The minimum absolute atomic E-state index is 0.748. The minimum atomic E-state index is 0.748. The zero-order chi connectivity index (χ0) is 12.3. The number of aryl methyl sites for hydroxylation is 1. The van der Waals surface area contributed by atoms with Gasteiger partial charge in [0.05, 0.1) is 19.9 Å². The minimum Gasteiger partial charge on any atom is -0.497 e. The lowest BCUT2D eigenvalue weighted by Gasteiger charge is -2.09. The number of nitrogens with zero attached hydrogens (tertiary/aromatic N) is 1. The second-order valence-electron chi connectivity index (χ2n) is 3.90. The summed E-state index contributed by atoms with van der Waals surface area (Å²) in [5.74, 6) is 1.62. The van der Waals surface area contributed by atoms with E-state index in [1.54, 1.807) is 14.2 Å². The van der Waals surface area contributed by atoms with Gasteiger partial charge in [-0.3, -0.25) is 5.10 Å². The molecule has 90 valence electrons. The van der Waals surface area contributed by atoms with Gasteiger partial charge in [-0.25, -0.2) is 0 Å². The molecule has 0 aliphatic heterocycles. The molecule has 0 amide bonds. The van der Waals surface area contributed by atoms with Gasteiger partial charge in [0, 0.05) is 23.7 Å². The standard InChI is InChI=1S/C13H16N2O2/c1-9-6-11(15-14-9)7-10-4-5-12(16-2)8-13(10)17-3/h4-6,8H,7H2,1-3H3,(H,14,15). The van der Waals surface area contributed by atoms with E-state index in [1.165, 1.54) is 0 Å². The number of benzene rings is 1. The predicted molar refractivity (Wildman–Crippen MR) is 65.7 cm³/mol. The number of aromatic amines is 1. The van der Waals surface area contributed by atoms with Crippen molar-refractivity contribution >= 4 is 0 Å². The molecule has 0 bridgehead atoms. The Bertz CT molecular complexity index is 506. The maximum atomic E-state index is 5.35. The van der Waals surface area contributed by atoms with E-state index in [4.69, 9.17) is 9.47 Å². The number of hydrogen-bond acceptors (Lipinski definition) is 3. The number of nitrogens with one attached hydrogen (secondary N) is 1. The van der Waals surface area contributed by atoms with Gasteiger partial charge in [-0.1, -0.05) is 6.07 Å². The van der Waals surface area contributed by atoms with Crippen LogP contribution in [0.3, 0.4) is 0 Å². The van der Waals surface area contributed by atoms with Gasteiger partial charge in [-0.15, -0.1) is 0 Å². The summed E-state index contributed by atoms with van der Waals surface area (Å²) < 4.78 is 10.5. The molecule has 1 aromatic heterocycles. The van der Waals surface area contributed by atoms with Crippen LogP contribution in [0, 0.1) is 6.92 Å². The molecule has 2 aromatic rings. The molecule has 0 spiro atoms. The molecule has 0 unspecified atom stereocenters. The zero-order valence-corrected chi connectivity index (χ0v) is 10.3. The van der Waals surface area contributed by atoms with Crippen LogP contribution in [0.5, 0.6) is 11.5 Å². The summed E-state index contributed by atoms with van der Waals surface area (Å²) in [6.45, 7) is 1.99. The van der Waals surface area contributed by atoms with Crippen LogP contribution >= 0.6 is 0 Å². The molecule has 4 nitrogen and oxygen atoms in total. The summed E-state index contributed by atoms with van der Waals surface area (Å²) in [4.78, 5) is 0. The fourth-order valence-electron chi connectivity index (χ4n) is 1.76. The average molecular weight is 232 g/mol. The van der Waals surface area contributed by atoms with Gasteiger partial charge in [-0.2, -0.15) is 5.10 Å². The molecule has 0 aliphatic carbocycles. The molecule has 0 fully saturated rings. The zero-order valence-electron chi connectivity index (χ0n) is 10.3. The van der Waals surface area contributed by atoms with Crippen LogP contribution in [-0.4, -0.2) is 24.4 Å². The third-order valence-corrected chi connectivity index (χ3v) is 2.62. The highest BCUT2D eigenvalue weighted by Gasteiger charge is 2.07. The molecule has 0 saturated heterocycles. The molecule has 0 saturated carbocycles. The van der Waals surface area contributed by atoms with E-state index >= 15 is 0 Å². The van der Waals surface area contributed by atoms with E-state index in [-0.39, 0.29) is 0 Å². The maximum Gasteiger partial charge on any atom is 0.126 e. The van der Waals surface area contributed by atoms with Crippen LogP contribution in [0.15, 0.2) is 24.3 Å². The van der Waals surface area contributed by atoms with Crippen LogP contribution < -0.4 is 9.47 Å². The molecule has 1 heterocycles. The van der Waals surface area contributed by atoms with Gasteiger partial charge in [-0.05, 0) is 19.1 Å². The quantitative estimate of drug-likeness (QED) is 0.880. The van der Waals surface area contributed by atoms with Crippen molar-refractivity contribution in [3.05, 3.63) is 41.2 Å². The molecule has 0 radical (unpaired) electrons. The molecule has 4 heteroatoms. The van der Waals surface area contributed by atoms with Crippen LogP contribution in [0.25, 0.3) is 0 Å². The van der Waals surface area contributed by atoms with E-state index in [0.29, 0.717) is 0 Å². The summed E-state index contributed by atoms with van der Waals surface area (Å²) in [6.07, 6.45) is 0.748. The first-order valence-electron chi connectivity index (χ1n) is 5.44. The number of aromatic nitrogens is 2. The molecule has 0 atom stereocenters. The fourth-order valence-corrected chi connectivity index (χ4v) is 1.76. The largest absolute Gasteiger partial charge is 0.497 e. The van der Waals surface area contributed by atoms with E-state index in [0.717, 1.165) is 34.9 Å². The van der Waals surface area contributed by atoms with Gasteiger partial charge in [0.1, 0.15) is 11.5 Å². The lowest BCUT2D eigenvalue weighted by atomic mass is 10.1. The van der Waals surface area contributed by atoms with Crippen molar-refractivity contribution in [1.82, 2.24) is 10.2 Å². The summed E-state index contributed by atoms with van der Waals surface area (Å²) in [7, 11) is 3.31. The number of H-pyrrole nitrogens is 1. The van der Waals surface area contributed by atoms with Crippen molar-refractivity contribution in [3.63, 3.8) is 0 Å². The maximum absolute atomic E-state index is 5.35. The predicted octanol–water partition coefficient (Wildman–Crippen LogP) is 2.33. The van der Waals surface area contributed by atoms with Crippen molar-refractivity contribution in [2.75, 3.05) is 14.2 Å². The number of rotatable bonds is 4. The first kappa shape index (κ1) is 11.5. The van der Waals surface area contributed by atoms with Crippen molar-refractivity contribution in [2.45, 2.75) is 13.3 Å². The third-order valence-electron chi connectivity index (χ3n) is 2.62. The third kappa shape index (κ3) is 2.58. The average Bonchev–Trinajstić information content (AvgIpc) is 2.75. The van der Waals surface area contributed by atoms with E-state index < -0.39 is 0 Å². The summed E-state index contributed by atoms with van der Waals surface area (Å²) in [6, 6.07) is 7.84. The van der Waals surface area contributed by atoms with E-state index in [2.05, 4.69) is 10.2 Å². The first-order valence-corrected chi connectivity index (χ1v) is 5.44. The summed E-state index contributed by atoms with van der Waals surface area (Å²) >= 11 is 0. The molecule has 17 heavy (non-hydrogen) atoms. The fraction of sp³-hybridized carbons (Fsp3) is 0.308. The Labute approximate surface area is 101 Å². The Kier molecular flexibility index (Phi) is 3.32. The highest BCUT2D eigenvalue weighted by atomic mass is 16.5. The Morgan fingerprint density at radius 3 is 2.59 bits per heavy atom.